The highest BCUT2D eigenvalue weighted by Gasteiger charge is 2.49. The van der Waals surface area contributed by atoms with E-state index in [0.717, 1.165) is 25.7 Å². The number of hydrogen-bond donors (Lipinski definition) is 4. The Morgan fingerprint density at radius 1 is 1.08 bits per heavy atom. The van der Waals surface area contributed by atoms with Crippen LogP contribution in [0.2, 0.25) is 0 Å². The van der Waals surface area contributed by atoms with Crippen LogP contribution in [-0.4, -0.2) is 90.1 Å². The number of esters is 1. The fourth-order valence-corrected chi connectivity index (χ4v) is 5.35. The Morgan fingerprint density at radius 2 is 1.72 bits per heavy atom. The summed E-state index contributed by atoms with van der Waals surface area (Å²) in [7, 11) is -4.89. The summed E-state index contributed by atoms with van der Waals surface area (Å²) in [6.45, 7) is 5.51. The molecule has 0 radical (unpaired) electrons. The molecule has 2 saturated heterocycles. The zero-order valence-electron chi connectivity index (χ0n) is 22.9. The van der Waals surface area contributed by atoms with Crippen molar-refractivity contribution in [2.24, 2.45) is 11.8 Å². The monoisotopic (exact) mass is 580 g/mol. The van der Waals surface area contributed by atoms with Crippen molar-refractivity contribution in [2.45, 2.75) is 115 Å². The van der Waals surface area contributed by atoms with Crippen LogP contribution in [0.1, 0.15) is 78.6 Å². The van der Waals surface area contributed by atoms with Gasteiger partial charge >= 0.3 is 22.3 Å². The number of carbonyl (C=O) groups is 2. The second-order valence-electron chi connectivity index (χ2n) is 10.7. The predicted octanol–water partition coefficient (Wildman–Crippen LogP) is 2.42. The molecule has 13 heteroatoms. The number of hydrogen-bond acceptors (Lipinski definition) is 10. The lowest BCUT2D eigenvalue weighted by Gasteiger charge is -2.39. The molecule has 2 aliphatic heterocycles. The maximum atomic E-state index is 12.2. The summed E-state index contributed by atoms with van der Waals surface area (Å²) in [5, 5.41) is 29.3. The van der Waals surface area contributed by atoms with Crippen molar-refractivity contribution < 1.29 is 56.3 Å². The highest BCUT2D eigenvalue weighted by atomic mass is 32.3. The SMILES string of the molecule is C/C(=C\C(=O)OCCCCCCCCC(=O)O)C[C@@H]1OC[C@H](C[C@@H]2O[C@H]2[C@@H](C)[C@H](C)O)[C@@H](O)[C@H]1OS(=O)(=O)O. The zero-order chi connectivity index (χ0) is 29.2. The van der Waals surface area contributed by atoms with Crippen molar-refractivity contribution in [1.82, 2.24) is 0 Å². The molecule has 2 aliphatic rings. The third kappa shape index (κ3) is 12.6. The van der Waals surface area contributed by atoms with Gasteiger partial charge in [-0.15, -0.1) is 0 Å². The van der Waals surface area contributed by atoms with E-state index >= 15 is 0 Å². The summed E-state index contributed by atoms with van der Waals surface area (Å²) in [5.41, 5.74) is 0.523. The lowest BCUT2D eigenvalue weighted by atomic mass is 9.85. The molecule has 8 atom stereocenters. The standard InChI is InChI=1S/C26H44O12S/c1-16(13-23(30)35-11-9-7-5-4-6-8-10-22(28)29)12-20-26(38-39(32,33)34)24(31)19(15-36-20)14-21-25(37-21)17(2)18(3)27/h13,17-21,24-27,31H,4-12,14-15H2,1-3H3,(H,28,29)(H,32,33,34)/b16-13+/t17-,18-,19-,20-,21-,24+,25-,26-/m0/s1. The van der Waals surface area contributed by atoms with E-state index in [1.54, 1.807) is 13.8 Å². The molecular weight excluding hydrogens is 536 g/mol. The third-order valence-electron chi connectivity index (χ3n) is 7.30. The highest BCUT2D eigenvalue weighted by molar-refractivity contribution is 7.80. The molecule has 12 nitrogen and oxygen atoms in total. The average molecular weight is 581 g/mol. The molecule has 0 aliphatic carbocycles. The van der Waals surface area contributed by atoms with Gasteiger partial charge in [-0.1, -0.05) is 38.2 Å². The average Bonchev–Trinajstić information content (AvgIpc) is 3.59. The van der Waals surface area contributed by atoms with Crippen LogP contribution in [0.5, 0.6) is 0 Å². The fourth-order valence-electron chi connectivity index (χ4n) is 4.83. The number of rotatable bonds is 18. The molecule has 39 heavy (non-hydrogen) atoms. The first-order valence-electron chi connectivity index (χ1n) is 13.6. The van der Waals surface area contributed by atoms with E-state index < -0.39 is 52.7 Å². The number of aliphatic hydroxyl groups is 2. The molecule has 226 valence electrons. The molecule has 4 N–H and O–H groups in total. The van der Waals surface area contributed by atoms with Crippen LogP contribution in [0, 0.1) is 11.8 Å². The Kier molecular flexibility index (Phi) is 13.8. The largest absolute Gasteiger partial charge is 0.481 e. The van der Waals surface area contributed by atoms with Crippen LogP contribution in [0.3, 0.4) is 0 Å². The van der Waals surface area contributed by atoms with Gasteiger partial charge in [0.05, 0.1) is 43.7 Å². The molecule has 0 unspecified atom stereocenters. The molecule has 0 bridgehead atoms. The summed E-state index contributed by atoms with van der Waals surface area (Å²) >= 11 is 0. The number of ether oxygens (including phenoxy) is 3. The van der Waals surface area contributed by atoms with Gasteiger partial charge in [0.1, 0.15) is 6.10 Å². The van der Waals surface area contributed by atoms with E-state index in [9.17, 15) is 32.8 Å². The lowest BCUT2D eigenvalue weighted by Crippen LogP contribution is -2.52. The quantitative estimate of drug-likeness (QED) is 0.0610. The van der Waals surface area contributed by atoms with Gasteiger partial charge in [0.25, 0.3) is 0 Å². The highest BCUT2D eigenvalue weighted by Crippen LogP contribution is 2.39. The van der Waals surface area contributed by atoms with Crippen LogP contribution in [0.25, 0.3) is 0 Å². The Bertz CT molecular complexity index is 918. The smallest absolute Gasteiger partial charge is 0.397 e. The molecule has 2 rings (SSSR count). The Balaban J connectivity index is 1.80. The molecule has 2 heterocycles. The Labute approximate surface area is 230 Å². The summed E-state index contributed by atoms with van der Waals surface area (Å²) in [6, 6.07) is 0. The molecule has 0 amide bonds. The number of unbranched alkanes of at least 4 members (excludes halogenated alkanes) is 5. The van der Waals surface area contributed by atoms with Crippen molar-refractivity contribution in [1.29, 1.82) is 0 Å². The minimum atomic E-state index is -4.89. The molecule has 0 aromatic carbocycles. The minimum absolute atomic E-state index is 0.0665. The van der Waals surface area contributed by atoms with Crippen molar-refractivity contribution >= 4 is 22.3 Å². The maximum absolute atomic E-state index is 12.2. The van der Waals surface area contributed by atoms with Crippen LogP contribution in [0.15, 0.2) is 11.6 Å². The van der Waals surface area contributed by atoms with Gasteiger partial charge in [0, 0.05) is 24.3 Å². The summed E-state index contributed by atoms with van der Waals surface area (Å²) in [5.74, 6) is -1.96. The first-order chi connectivity index (χ1) is 18.3. The molecular formula is C26H44O12S. The number of carboxylic acids is 1. The summed E-state index contributed by atoms with van der Waals surface area (Å²) in [6.07, 6.45) is 2.25. The second-order valence-corrected chi connectivity index (χ2v) is 11.8. The van der Waals surface area contributed by atoms with E-state index in [2.05, 4.69) is 0 Å². The van der Waals surface area contributed by atoms with Gasteiger partial charge in [0.15, 0.2) is 0 Å². The number of carbonyl (C=O) groups excluding carboxylic acids is 1. The topological polar surface area (TPSA) is 189 Å². The second kappa shape index (κ2) is 16.0. The van der Waals surface area contributed by atoms with Crippen LogP contribution < -0.4 is 0 Å². The number of aliphatic hydroxyl groups excluding tert-OH is 2. The van der Waals surface area contributed by atoms with Crippen molar-refractivity contribution in [3.63, 3.8) is 0 Å². The van der Waals surface area contributed by atoms with Crippen molar-refractivity contribution in [3.8, 4) is 0 Å². The first kappa shape index (κ1) is 33.6. The van der Waals surface area contributed by atoms with Crippen molar-refractivity contribution in [2.75, 3.05) is 13.2 Å². The van der Waals surface area contributed by atoms with Gasteiger partial charge in [0.2, 0.25) is 0 Å². The van der Waals surface area contributed by atoms with E-state index in [1.807, 2.05) is 6.92 Å². The van der Waals surface area contributed by atoms with Gasteiger partial charge in [-0.25, -0.2) is 8.98 Å². The number of aliphatic carboxylic acids is 1. The summed E-state index contributed by atoms with van der Waals surface area (Å²) < 4.78 is 53.7. The first-order valence-corrected chi connectivity index (χ1v) is 15.0. The summed E-state index contributed by atoms with van der Waals surface area (Å²) in [4.78, 5) is 22.7. The molecule has 0 saturated carbocycles. The molecule has 0 aromatic heterocycles. The third-order valence-corrected chi connectivity index (χ3v) is 7.76. The zero-order valence-corrected chi connectivity index (χ0v) is 23.8. The van der Waals surface area contributed by atoms with Crippen LogP contribution in [0.4, 0.5) is 0 Å². The number of epoxide rings is 1. The van der Waals surface area contributed by atoms with Crippen LogP contribution >= 0.6 is 0 Å². The van der Waals surface area contributed by atoms with Gasteiger partial charge in [-0.05, 0) is 39.5 Å². The lowest BCUT2D eigenvalue weighted by molar-refractivity contribution is -0.156. The van der Waals surface area contributed by atoms with E-state index in [4.69, 9.17) is 23.5 Å². The molecule has 2 fully saturated rings. The number of carboxylic acid groups (broad SMARTS) is 1. The fraction of sp³-hybridized carbons (Fsp3) is 0.846. The maximum Gasteiger partial charge on any atom is 0.397 e. The normalized spacial score (nSPS) is 29.0. The van der Waals surface area contributed by atoms with Gasteiger partial charge < -0.3 is 29.5 Å². The molecule has 0 aromatic rings. The van der Waals surface area contributed by atoms with E-state index in [-0.39, 0.29) is 44.2 Å². The van der Waals surface area contributed by atoms with Gasteiger partial charge in [-0.3, -0.25) is 9.35 Å². The van der Waals surface area contributed by atoms with E-state index in [1.165, 1.54) is 6.08 Å². The minimum Gasteiger partial charge on any atom is -0.481 e. The van der Waals surface area contributed by atoms with Crippen molar-refractivity contribution in [3.05, 3.63) is 11.6 Å². The molecule has 0 spiro atoms. The Hall–Kier alpha value is -1.61. The van der Waals surface area contributed by atoms with E-state index in [0.29, 0.717) is 24.8 Å². The Morgan fingerprint density at radius 3 is 2.33 bits per heavy atom. The predicted molar refractivity (Wildman–Crippen MR) is 139 cm³/mol. The van der Waals surface area contributed by atoms with Crippen LogP contribution in [-0.2, 0) is 38.4 Å². The van der Waals surface area contributed by atoms with Gasteiger partial charge in [-0.2, -0.15) is 8.42 Å².